The molecule has 0 saturated carbocycles. The zero-order chi connectivity index (χ0) is 10.6. The second-order valence-electron chi connectivity index (χ2n) is 2.81. The summed E-state index contributed by atoms with van der Waals surface area (Å²) in [5.74, 6) is 0. The molecule has 1 aromatic rings. The van der Waals surface area contributed by atoms with E-state index in [2.05, 4.69) is 11.2 Å². The van der Waals surface area contributed by atoms with Crippen molar-refractivity contribution in [2.45, 2.75) is 20.4 Å². The third-order valence-corrected chi connectivity index (χ3v) is 3.11. The molecule has 0 amide bonds. The van der Waals surface area contributed by atoms with E-state index in [1.54, 1.807) is 6.92 Å². The number of nitrogens with zero attached hydrogens (tertiary/aromatic N) is 2. The van der Waals surface area contributed by atoms with Crippen LogP contribution in [-0.2, 0) is 6.54 Å². The summed E-state index contributed by atoms with van der Waals surface area (Å²) in [5.41, 5.74) is 0.681. The molecule has 72 valence electrons. The van der Waals surface area contributed by atoms with Crippen LogP contribution in [0.2, 0.25) is 0 Å². The van der Waals surface area contributed by atoms with Gasteiger partial charge in [0.25, 0.3) is 0 Å². The molecule has 0 unspecified atom stereocenters. The van der Waals surface area contributed by atoms with Crippen LogP contribution in [0.1, 0.15) is 18.7 Å². The molecule has 0 N–H and O–H groups in total. The molecule has 0 atom stereocenters. The van der Waals surface area contributed by atoms with Gasteiger partial charge in [0, 0.05) is 15.0 Å². The number of hydrogen-bond donors (Lipinski definition) is 0. The molecular weight excluding hydrogens is 196 g/mol. The number of rotatable bonds is 2. The van der Waals surface area contributed by atoms with Gasteiger partial charge in [0.15, 0.2) is 0 Å². The van der Waals surface area contributed by atoms with Crippen molar-refractivity contribution in [2.24, 2.45) is 5.18 Å². The van der Waals surface area contributed by atoms with Gasteiger partial charge in [-0.1, -0.05) is 11.3 Å². The zero-order valence-electron chi connectivity index (χ0n) is 8.07. The van der Waals surface area contributed by atoms with E-state index in [-0.39, 0.29) is 6.54 Å². The summed E-state index contributed by atoms with van der Waals surface area (Å²) in [6.07, 6.45) is 1.93. The van der Waals surface area contributed by atoms with Gasteiger partial charge < -0.3 is 0 Å². The molecule has 3 nitrogen and oxygen atoms in total. The fourth-order valence-corrected chi connectivity index (χ4v) is 2.22. The average molecular weight is 206 g/mol. The van der Waals surface area contributed by atoms with Crippen molar-refractivity contribution < 1.29 is 0 Å². The monoisotopic (exact) mass is 206 g/mol. The van der Waals surface area contributed by atoms with Crippen molar-refractivity contribution in [3.63, 3.8) is 0 Å². The summed E-state index contributed by atoms with van der Waals surface area (Å²) in [6, 6.07) is 4.01. The lowest BCUT2D eigenvalue weighted by Gasteiger charge is -1.81. The molecule has 1 aromatic heterocycles. The molecule has 0 aliphatic rings. The van der Waals surface area contributed by atoms with Crippen molar-refractivity contribution in [2.75, 3.05) is 0 Å². The van der Waals surface area contributed by atoms with Gasteiger partial charge in [0.05, 0.1) is 6.07 Å². The minimum absolute atomic E-state index is 0.185. The Morgan fingerprint density at radius 3 is 3.00 bits per heavy atom. The maximum absolute atomic E-state index is 10.1. The Labute approximate surface area is 86.0 Å². The highest BCUT2D eigenvalue weighted by Crippen LogP contribution is 2.03. The van der Waals surface area contributed by atoms with E-state index in [0.29, 0.717) is 5.57 Å². The Morgan fingerprint density at radius 1 is 1.79 bits per heavy atom. The van der Waals surface area contributed by atoms with Gasteiger partial charge in [-0.3, -0.25) is 0 Å². The molecular formula is C10H10N2OS. The minimum Gasteiger partial charge on any atom is -0.193 e. The maximum atomic E-state index is 10.1. The molecule has 1 rings (SSSR count). The maximum Gasteiger partial charge on any atom is 0.115 e. The van der Waals surface area contributed by atoms with E-state index in [4.69, 9.17) is 5.26 Å². The first-order chi connectivity index (χ1) is 6.72. The Bertz CT molecular complexity index is 493. The summed E-state index contributed by atoms with van der Waals surface area (Å²) in [6.45, 7) is 3.87. The standard InChI is InChI=1S/C10H10N2OS/c1-3-8-4-9(6-12-13)14-10(8)7(2)5-11/h3-4H,6H2,1-2H3. The normalized spacial score (nSPS) is 13.6. The number of hydrogen-bond acceptors (Lipinski definition) is 4. The highest BCUT2D eigenvalue weighted by Gasteiger charge is 1.99. The van der Waals surface area contributed by atoms with E-state index in [1.807, 2.05) is 19.1 Å². The topological polar surface area (TPSA) is 53.2 Å². The van der Waals surface area contributed by atoms with Crippen LogP contribution in [0, 0.1) is 16.2 Å². The lowest BCUT2D eigenvalue weighted by molar-refractivity contribution is 1.09. The molecule has 14 heavy (non-hydrogen) atoms. The predicted molar refractivity (Wildman–Crippen MR) is 57.9 cm³/mol. The van der Waals surface area contributed by atoms with E-state index in [9.17, 15) is 4.91 Å². The van der Waals surface area contributed by atoms with Gasteiger partial charge in [-0.15, -0.1) is 11.3 Å². The minimum atomic E-state index is 0.185. The van der Waals surface area contributed by atoms with Gasteiger partial charge in [0.2, 0.25) is 0 Å². The predicted octanol–water partition coefficient (Wildman–Crippen LogP) is 1.51. The van der Waals surface area contributed by atoms with Gasteiger partial charge in [-0.25, -0.2) is 0 Å². The molecule has 0 spiro atoms. The van der Waals surface area contributed by atoms with Gasteiger partial charge in [-0.05, 0) is 25.1 Å². The second-order valence-corrected chi connectivity index (χ2v) is 3.95. The lowest BCUT2D eigenvalue weighted by atomic mass is 10.3. The molecule has 0 bridgehead atoms. The molecule has 0 saturated heterocycles. The van der Waals surface area contributed by atoms with Crippen LogP contribution < -0.4 is 9.75 Å². The first kappa shape index (κ1) is 10.6. The zero-order valence-corrected chi connectivity index (χ0v) is 8.89. The van der Waals surface area contributed by atoms with E-state index < -0.39 is 0 Å². The van der Waals surface area contributed by atoms with Crippen LogP contribution in [0.3, 0.4) is 0 Å². The fraction of sp³-hybridized carbons (Fsp3) is 0.300. The average Bonchev–Trinajstić information content (AvgIpc) is 2.60. The van der Waals surface area contributed by atoms with Gasteiger partial charge in [0.1, 0.15) is 6.54 Å². The summed E-state index contributed by atoms with van der Waals surface area (Å²) in [5, 5.41) is 12.6. The molecule has 0 aromatic carbocycles. The third-order valence-electron chi connectivity index (χ3n) is 1.85. The second kappa shape index (κ2) is 4.68. The number of nitriles is 1. The van der Waals surface area contributed by atoms with Gasteiger partial charge in [-0.2, -0.15) is 10.2 Å². The highest BCUT2D eigenvalue weighted by atomic mass is 32.1. The molecule has 0 fully saturated rings. The van der Waals surface area contributed by atoms with Crippen LogP contribution in [0.25, 0.3) is 11.6 Å². The van der Waals surface area contributed by atoms with Crippen LogP contribution in [0.5, 0.6) is 0 Å². The molecule has 1 heterocycles. The van der Waals surface area contributed by atoms with Crippen LogP contribution in [0.4, 0.5) is 0 Å². The van der Waals surface area contributed by atoms with Gasteiger partial charge >= 0.3 is 0 Å². The largest absolute Gasteiger partial charge is 0.193 e. The smallest absolute Gasteiger partial charge is 0.115 e. The van der Waals surface area contributed by atoms with Crippen LogP contribution >= 0.6 is 11.3 Å². The molecule has 0 aliphatic carbocycles. The van der Waals surface area contributed by atoms with Crippen LogP contribution in [-0.4, -0.2) is 0 Å². The molecule has 0 aliphatic heterocycles. The summed E-state index contributed by atoms with van der Waals surface area (Å²) < 4.78 is 0.939. The Morgan fingerprint density at radius 2 is 2.50 bits per heavy atom. The van der Waals surface area contributed by atoms with Crippen molar-refractivity contribution in [3.8, 4) is 6.07 Å². The van der Waals surface area contributed by atoms with Crippen molar-refractivity contribution in [1.29, 1.82) is 5.26 Å². The van der Waals surface area contributed by atoms with Crippen molar-refractivity contribution in [3.05, 3.63) is 25.6 Å². The number of thiophene rings is 1. The van der Waals surface area contributed by atoms with E-state index in [0.717, 1.165) is 14.6 Å². The first-order valence-electron chi connectivity index (χ1n) is 4.18. The SMILES string of the molecule is CC=c1cc(CN=O)sc1=C(C)C#N. The summed E-state index contributed by atoms with van der Waals surface area (Å²) in [7, 11) is 0. The van der Waals surface area contributed by atoms with Crippen molar-refractivity contribution >= 4 is 23.0 Å². The van der Waals surface area contributed by atoms with Crippen LogP contribution in [0.15, 0.2) is 11.2 Å². The Hall–Kier alpha value is -1.47. The lowest BCUT2D eigenvalue weighted by Crippen LogP contribution is -2.18. The van der Waals surface area contributed by atoms with E-state index in [1.165, 1.54) is 11.3 Å². The fourth-order valence-electron chi connectivity index (χ4n) is 1.16. The Balaban J connectivity index is 3.47. The molecule has 0 radical (unpaired) electrons. The summed E-state index contributed by atoms with van der Waals surface area (Å²) >= 11 is 1.46. The first-order valence-corrected chi connectivity index (χ1v) is 4.99. The highest BCUT2D eigenvalue weighted by molar-refractivity contribution is 7.09. The third kappa shape index (κ3) is 2.06. The quantitative estimate of drug-likeness (QED) is 0.689. The van der Waals surface area contributed by atoms with Crippen molar-refractivity contribution in [1.82, 2.24) is 0 Å². The summed E-state index contributed by atoms with van der Waals surface area (Å²) in [4.78, 5) is 11.0. The number of nitroso groups, excluding NO2 is 1. The molecule has 4 heteroatoms. The Kier molecular flexibility index (Phi) is 3.55. The van der Waals surface area contributed by atoms with E-state index >= 15 is 0 Å².